The van der Waals surface area contributed by atoms with Gasteiger partial charge in [0.2, 0.25) is 0 Å². The molecular formula is C90H187N7. The summed E-state index contributed by atoms with van der Waals surface area (Å²) in [5, 5.41) is 0. The fourth-order valence-corrected chi connectivity index (χ4v) is 24.0. The van der Waals surface area contributed by atoms with E-state index in [1.165, 1.54) is 387 Å². The van der Waals surface area contributed by atoms with E-state index in [0.717, 1.165) is 83.6 Å². The summed E-state index contributed by atoms with van der Waals surface area (Å²) in [5.41, 5.74) is 0. The van der Waals surface area contributed by atoms with Gasteiger partial charge in [-0.15, -0.1) is 0 Å². The number of quaternary nitrogens is 7. The Balaban J connectivity index is 0.000000560. The highest BCUT2D eigenvalue weighted by Gasteiger charge is 2.53. The van der Waals surface area contributed by atoms with Crippen LogP contribution in [0.2, 0.25) is 0 Å². The molecule has 582 valence electrons. The van der Waals surface area contributed by atoms with Crippen molar-refractivity contribution in [2.24, 2.45) is 47.3 Å². The number of hydrogen-bond acceptors (Lipinski definition) is 0. The molecule has 7 nitrogen and oxygen atoms in total. The van der Waals surface area contributed by atoms with E-state index < -0.39 is 0 Å². The van der Waals surface area contributed by atoms with E-state index in [2.05, 4.69) is 96.9 Å². The highest BCUT2D eigenvalue weighted by molar-refractivity contribution is 4.86. The third-order valence-corrected chi connectivity index (χ3v) is 31.6. The number of piperidine rings is 13. The number of rotatable bonds is 0. The second kappa shape index (κ2) is 44.6. The van der Waals surface area contributed by atoms with Crippen molar-refractivity contribution >= 4 is 0 Å². The monoisotopic (exact) mass is 1370 g/mol. The summed E-state index contributed by atoms with van der Waals surface area (Å²) in [6, 6.07) is 5.58. The minimum atomic E-state index is 0. The SMILES string of the molecule is CC1C(C)C(C)[N+]2(CCCC2)C(C)C1C.CC1CCC(C)[N+]2(CCCCC2)C1.CC1CCCC[N+]12CCCCC2.CC1CCC[N+]2(CCCCC2)C1.CC1CCC[N+]2(CCCCC2)C1C.CC1CC[N+]2(CCCCC2)C(C)C1.CC1CC[N+]2(CCCCC2)CC1.[CH3-].[CH3-].[CH3-].[CH3-].[CH3-].[CH3-].[CH3-]. The van der Waals surface area contributed by atoms with Gasteiger partial charge in [-0.05, 0) is 252 Å². The molecule has 14 fully saturated rings. The molecule has 0 aromatic rings. The van der Waals surface area contributed by atoms with Gasteiger partial charge in [0.05, 0.1) is 180 Å². The van der Waals surface area contributed by atoms with Crippen molar-refractivity contribution in [1.29, 1.82) is 0 Å². The van der Waals surface area contributed by atoms with Crippen molar-refractivity contribution in [1.82, 2.24) is 0 Å². The molecule has 97 heavy (non-hydrogen) atoms. The van der Waals surface area contributed by atoms with Crippen LogP contribution in [0.25, 0.3) is 0 Å². The molecule has 12 unspecified atom stereocenters. The van der Waals surface area contributed by atoms with E-state index in [9.17, 15) is 0 Å². The van der Waals surface area contributed by atoms with Gasteiger partial charge in [0.15, 0.2) is 0 Å². The van der Waals surface area contributed by atoms with Gasteiger partial charge in [0.25, 0.3) is 0 Å². The van der Waals surface area contributed by atoms with Gasteiger partial charge in [-0.25, -0.2) is 0 Å². The zero-order valence-electron chi connectivity index (χ0n) is 71.1. The highest BCUT2D eigenvalue weighted by atomic mass is 15.4. The molecule has 0 amide bonds. The summed E-state index contributed by atoms with van der Waals surface area (Å²) in [4.78, 5) is 0. The first kappa shape index (κ1) is 94.7. The number of nitrogens with zero attached hydrogens (tertiary/aromatic N) is 7. The zero-order valence-corrected chi connectivity index (χ0v) is 71.1. The van der Waals surface area contributed by atoms with Crippen molar-refractivity contribution in [2.75, 3.05) is 144 Å². The lowest BCUT2D eigenvalue weighted by Crippen LogP contribution is -2.66. The minimum Gasteiger partial charge on any atom is -0.358 e. The van der Waals surface area contributed by atoms with Crippen molar-refractivity contribution in [3.05, 3.63) is 52.0 Å². The lowest BCUT2D eigenvalue weighted by atomic mass is 9.71. The molecule has 0 saturated carbocycles. The van der Waals surface area contributed by atoms with E-state index in [1.54, 1.807) is 0 Å². The summed E-state index contributed by atoms with van der Waals surface area (Å²) in [6.07, 6.45) is 49.0. The Morgan fingerprint density at radius 2 is 0.546 bits per heavy atom. The number of hydrogen-bond donors (Lipinski definition) is 0. The first-order chi connectivity index (χ1) is 43.2. The summed E-state index contributed by atoms with van der Waals surface area (Å²) < 4.78 is 10.3. The van der Waals surface area contributed by atoms with Crippen LogP contribution in [-0.2, 0) is 0 Å². The normalized spacial score (nSPS) is 36.6. The Bertz CT molecular complexity index is 1900. The average molecular weight is 1370 g/mol. The Morgan fingerprint density at radius 1 is 0.196 bits per heavy atom. The Morgan fingerprint density at radius 3 is 1.00 bits per heavy atom. The molecule has 0 aliphatic carbocycles. The Kier molecular flexibility index (Phi) is 43.6. The quantitative estimate of drug-likeness (QED) is 0.168. The molecule has 14 aliphatic rings. The maximum atomic E-state index is 2.51. The largest absolute Gasteiger partial charge is 0.358 e. The first-order valence-electron chi connectivity index (χ1n) is 42.2. The third kappa shape index (κ3) is 24.9. The zero-order chi connectivity index (χ0) is 64.5. The topological polar surface area (TPSA) is 0 Å². The van der Waals surface area contributed by atoms with Gasteiger partial charge in [-0.3, -0.25) is 0 Å². The Labute approximate surface area is 616 Å². The van der Waals surface area contributed by atoms with Gasteiger partial charge < -0.3 is 83.4 Å². The van der Waals surface area contributed by atoms with Gasteiger partial charge in [-0.2, -0.15) is 0 Å². The Hall–Kier alpha value is -0.280. The van der Waals surface area contributed by atoms with Crippen molar-refractivity contribution in [3.63, 3.8) is 0 Å². The van der Waals surface area contributed by atoms with Crippen LogP contribution in [0.4, 0.5) is 0 Å². The maximum Gasteiger partial charge on any atom is 0.0892 e. The fourth-order valence-electron chi connectivity index (χ4n) is 24.0. The summed E-state index contributed by atoms with van der Waals surface area (Å²) in [6.45, 7) is 67.1. The second-order valence-corrected chi connectivity index (χ2v) is 37.3. The standard InChI is InChI=1S/C14H28N.3C12H24N.3C11H22N.7CH3/c1-10-11(2)13(4)15(8-6-7-9-15)14(5)12(10)3;1-11-6-7-12(2)13(10-11)8-4-3-5-9-13;1-11-7-6-10-13(12(11)2)8-4-3-5-9-13;1-11-6-9-13(12(2)10-11)7-4-3-5-8-13;1-11-7-3-6-10-12(11)8-4-2-5-9-12;1-11-5-9-12(10-6-11)7-3-2-4-8-12;1-11-6-5-9-12(10-11)7-3-2-4-8-12;;;;;;;/h10-14H,6-9H2,1-5H3;3*11-12H,3-10H2,1-2H3;3*11H,2-10H2,1H3;7*1H3/q7*+1;7*-1. The van der Waals surface area contributed by atoms with Crippen molar-refractivity contribution < 1.29 is 31.4 Å². The van der Waals surface area contributed by atoms with Crippen LogP contribution < -0.4 is 0 Å². The minimum absolute atomic E-state index is 0. The molecule has 12 atom stereocenters. The predicted octanol–water partition coefficient (Wildman–Crippen LogP) is 22.3. The first-order valence-corrected chi connectivity index (χ1v) is 42.2. The molecule has 14 rings (SSSR count). The van der Waals surface area contributed by atoms with Crippen LogP contribution in [0, 0.1) is 99.3 Å². The van der Waals surface area contributed by atoms with Crippen molar-refractivity contribution in [3.8, 4) is 0 Å². The maximum absolute atomic E-state index is 2.51. The van der Waals surface area contributed by atoms with E-state index in [1.807, 2.05) is 0 Å². The van der Waals surface area contributed by atoms with Gasteiger partial charge >= 0.3 is 0 Å². The average Bonchev–Trinajstić information content (AvgIpc) is 1.69. The summed E-state index contributed by atoms with van der Waals surface area (Å²) >= 11 is 0. The second-order valence-electron chi connectivity index (χ2n) is 37.3. The molecule has 0 bridgehead atoms. The molecule has 0 aromatic heterocycles. The van der Waals surface area contributed by atoms with Crippen LogP contribution in [0.3, 0.4) is 0 Å². The van der Waals surface area contributed by atoms with Gasteiger partial charge in [-0.1, -0.05) is 55.4 Å². The molecule has 7 spiro atoms. The molecule has 14 heterocycles. The lowest BCUT2D eigenvalue weighted by molar-refractivity contribution is -0.973. The molecule has 14 saturated heterocycles. The van der Waals surface area contributed by atoms with E-state index in [4.69, 9.17) is 0 Å². The molecule has 0 radical (unpaired) electrons. The van der Waals surface area contributed by atoms with E-state index in [-0.39, 0.29) is 52.0 Å². The molecule has 7 heteroatoms. The van der Waals surface area contributed by atoms with Crippen LogP contribution in [-0.4, -0.2) is 212 Å². The predicted molar refractivity (Wildman–Crippen MR) is 436 cm³/mol. The van der Waals surface area contributed by atoms with Gasteiger partial charge in [0.1, 0.15) is 0 Å². The molecule has 0 N–H and O–H groups in total. The van der Waals surface area contributed by atoms with E-state index >= 15 is 0 Å². The smallest absolute Gasteiger partial charge is 0.0892 e. The molecule has 14 aliphatic heterocycles. The van der Waals surface area contributed by atoms with E-state index in [0.29, 0.717) is 0 Å². The molecular weight excluding hydrogens is 1180 g/mol. The van der Waals surface area contributed by atoms with Gasteiger partial charge in [0, 0.05) is 48.9 Å². The summed E-state index contributed by atoms with van der Waals surface area (Å²) in [7, 11) is 0. The van der Waals surface area contributed by atoms with Crippen LogP contribution in [0.1, 0.15) is 309 Å². The van der Waals surface area contributed by atoms with Crippen molar-refractivity contribution in [2.45, 2.75) is 345 Å². The van der Waals surface area contributed by atoms with Crippen LogP contribution >= 0.6 is 0 Å². The highest BCUT2D eigenvalue weighted by Crippen LogP contribution is 2.45. The fraction of sp³-hybridized carbons (Fsp3) is 0.922. The third-order valence-electron chi connectivity index (χ3n) is 31.6. The lowest BCUT2D eigenvalue weighted by Gasteiger charge is -2.56. The van der Waals surface area contributed by atoms with Crippen LogP contribution in [0.15, 0.2) is 0 Å². The summed E-state index contributed by atoms with van der Waals surface area (Å²) in [5.74, 6) is 7.64. The molecule has 0 aromatic carbocycles. The van der Waals surface area contributed by atoms with Crippen LogP contribution in [0.5, 0.6) is 0 Å².